The minimum Gasteiger partial charge on any atom is -0.410 e. The van der Waals surface area contributed by atoms with E-state index in [4.69, 9.17) is 17.0 Å². The van der Waals surface area contributed by atoms with Gasteiger partial charge in [0.25, 0.3) is 0 Å². The first kappa shape index (κ1) is 16.9. The van der Waals surface area contributed by atoms with Crippen molar-refractivity contribution < 1.29 is 13.9 Å². The first-order chi connectivity index (χ1) is 11.0. The number of hydrogen-bond acceptors (Lipinski definition) is 3. The van der Waals surface area contributed by atoms with Crippen molar-refractivity contribution in [3.05, 3.63) is 54.3 Å². The van der Waals surface area contributed by atoms with Crippen LogP contribution < -0.4 is 15.0 Å². The van der Waals surface area contributed by atoms with Crippen molar-refractivity contribution in [2.75, 3.05) is 17.3 Å². The van der Waals surface area contributed by atoms with Gasteiger partial charge in [0.15, 0.2) is 0 Å². The van der Waals surface area contributed by atoms with Gasteiger partial charge in [-0.1, -0.05) is 25.2 Å². The molecule has 0 unspecified atom stereocenters. The highest BCUT2D eigenvalue weighted by molar-refractivity contribution is 7.80. The van der Waals surface area contributed by atoms with Gasteiger partial charge in [-0.2, -0.15) is 0 Å². The highest BCUT2D eigenvalue weighted by Crippen LogP contribution is 2.20. The molecule has 2 aromatic rings. The summed E-state index contributed by atoms with van der Waals surface area (Å²) in [6, 6.07) is 12.6. The van der Waals surface area contributed by atoms with Crippen molar-refractivity contribution in [2.24, 2.45) is 0 Å². The molecule has 0 radical (unpaired) electrons. The van der Waals surface area contributed by atoms with Gasteiger partial charge in [0.1, 0.15) is 11.6 Å². The van der Waals surface area contributed by atoms with Crippen LogP contribution in [0.2, 0.25) is 0 Å². The number of thiocarbonyl (C=S) groups is 1. The Kier molecular flexibility index (Phi) is 5.65. The number of benzene rings is 2. The first-order valence-corrected chi connectivity index (χ1v) is 7.51. The number of halogens is 1. The number of anilines is 2. The molecule has 23 heavy (non-hydrogen) atoms. The van der Waals surface area contributed by atoms with E-state index in [9.17, 15) is 9.18 Å². The fourth-order valence-corrected chi connectivity index (χ4v) is 1.94. The number of carbonyl (C=O) groups excluding carboxylic acids is 1. The van der Waals surface area contributed by atoms with Crippen molar-refractivity contribution in [2.45, 2.75) is 13.3 Å². The summed E-state index contributed by atoms with van der Waals surface area (Å²) in [7, 11) is 1.56. The molecule has 1 N–H and O–H groups in total. The Bertz CT molecular complexity index is 704. The minimum atomic E-state index is -0.563. The summed E-state index contributed by atoms with van der Waals surface area (Å²) < 4.78 is 18.3. The van der Waals surface area contributed by atoms with Crippen molar-refractivity contribution >= 4 is 34.7 Å². The standard InChI is InChI=1S/C17H17FN2O2S/c1-3-16(23)19-13-5-4-6-15(11-13)22-17(21)20(2)14-9-7-12(18)8-10-14/h4-11H,3H2,1-2H3,(H,19,23). The molecule has 0 saturated heterocycles. The van der Waals surface area contributed by atoms with Crippen LogP contribution >= 0.6 is 12.2 Å². The molecule has 120 valence electrons. The number of nitrogens with zero attached hydrogens (tertiary/aromatic N) is 1. The van der Waals surface area contributed by atoms with Gasteiger partial charge in [-0.15, -0.1) is 0 Å². The van der Waals surface area contributed by atoms with Crippen LogP contribution in [0.5, 0.6) is 5.75 Å². The zero-order chi connectivity index (χ0) is 16.8. The van der Waals surface area contributed by atoms with E-state index < -0.39 is 6.09 Å². The second-order valence-corrected chi connectivity index (χ2v) is 5.33. The van der Waals surface area contributed by atoms with Crippen molar-refractivity contribution in [1.82, 2.24) is 0 Å². The highest BCUT2D eigenvalue weighted by atomic mass is 32.1. The molecule has 6 heteroatoms. The molecule has 0 fully saturated rings. The van der Waals surface area contributed by atoms with E-state index >= 15 is 0 Å². The Morgan fingerprint density at radius 1 is 1.26 bits per heavy atom. The number of ether oxygens (including phenoxy) is 1. The predicted molar refractivity (Wildman–Crippen MR) is 93.8 cm³/mol. The second-order valence-electron chi connectivity index (χ2n) is 4.83. The summed E-state index contributed by atoms with van der Waals surface area (Å²) in [5.41, 5.74) is 1.30. The second kappa shape index (κ2) is 7.69. The minimum absolute atomic E-state index is 0.360. The molecule has 0 aromatic heterocycles. The van der Waals surface area contributed by atoms with Gasteiger partial charge in [0, 0.05) is 24.5 Å². The van der Waals surface area contributed by atoms with Gasteiger partial charge in [0.2, 0.25) is 0 Å². The molecule has 0 heterocycles. The molecule has 0 spiro atoms. The third-order valence-electron chi connectivity index (χ3n) is 3.13. The predicted octanol–water partition coefficient (Wildman–Crippen LogP) is 4.61. The maximum Gasteiger partial charge on any atom is 0.419 e. The Balaban J connectivity index is 2.06. The summed E-state index contributed by atoms with van der Waals surface area (Å²) in [4.78, 5) is 14.2. The van der Waals surface area contributed by atoms with Gasteiger partial charge in [-0.3, -0.25) is 4.90 Å². The SMILES string of the molecule is CCC(=S)Nc1cccc(OC(=O)N(C)c2ccc(F)cc2)c1. The summed E-state index contributed by atoms with van der Waals surface area (Å²) in [6.07, 6.45) is 0.166. The van der Waals surface area contributed by atoms with Gasteiger partial charge < -0.3 is 10.1 Å². The topological polar surface area (TPSA) is 41.6 Å². The van der Waals surface area contributed by atoms with Crippen LogP contribution in [0.3, 0.4) is 0 Å². The smallest absolute Gasteiger partial charge is 0.410 e. The lowest BCUT2D eigenvalue weighted by Gasteiger charge is -2.17. The molecular formula is C17H17FN2O2S. The zero-order valence-corrected chi connectivity index (χ0v) is 13.7. The number of nitrogens with one attached hydrogen (secondary N) is 1. The van der Waals surface area contributed by atoms with Gasteiger partial charge in [0.05, 0.1) is 4.99 Å². The van der Waals surface area contributed by atoms with E-state index in [1.807, 2.05) is 13.0 Å². The summed E-state index contributed by atoms with van der Waals surface area (Å²) in [5.74, 6) is 0.0362. The number of carbonyl (C=O) groups is 1. The van der Waals surface area contributed by atoms with E-state index in [2.05, 4.69) is 5.32 Å². The number of amides is 1. The van der Waals surface area contributed by atoms with Gasteiger partial charge >= 0.3 is 6.09 Å². The van der Waals surface area contributed by atoms with E-state index in [-0.39, 0.29) is 5.82 Å². The highest BCUT2D eigenvalue weighted by Gasteiger charge is 2.13. The lowest BCUT2D eigenvalue weighted by molar-refractivity contribution is 0.209. The van der Waals surface area contributed by atoms with E-state index in [0.29, 0.717) is 16.4 Å². The van der Waals surface area contributed by atoms with Crippen molar-refractivity contribution in [3.63, 3.8) is 0 Å². The third kappa shape index (κ3) is 4.75. The van der Waals surface area contributed by atoms with Crippen LogP contribution in [0.4, 0.5) is 20.6 Å². The first-order valence-electron chi connectivity index (χ1n) is 7.10. The van der Waals surface area contributed by atoms with Crippen LogP contribution in [0.1, 0.15) is 13.3 Å². The van der Waals surface area contributed by atoms with Gasteiger partial charge in [-0.05, 0) is 42.8 Å². The summed E-state index contributed by atoms with van der Waals surface area (Å²) in [5, 5.41) is 3.06. The molecule has 0 aliphatic carbocycles. The van der Waals surface area contributed by atoms with Crippen LogP contribution in [-0.2, 0) is 0 Å². The molecule has 0 atom stereocenters. The molecule has 1 amide bonds. The van der Waals surface area contributed by atoms with Crippen LogP contribution in [0, 0.1) is 5.82 Å². The summed E-state index contributed by atoms with van der Waals surface area (Å²) in [6.45, 7) is 1.96. The molecule has 0 aliphatic rings. The molecule has 2 rings (SSSR count). The van der Waals surface area contributed by atoms with Gasteiger partial charge in [-0.25, -0.2) is 9.18 Å². The van der Waals surface area contributed by atoms with Crippen molar-refractivity contribution in [1.29, 1.82) is 0 Å². The number of rotatable bonds is 4. The lowest BCUT2D eigenvalue weighted by Crippen LogP contribution is -2.29. The van der Waals surface area contributed by atoms with Crippen molar-refractivity contribution in [3.8, 4) is 5.75 Å². The Morgan fingerprint density at radius 3 is 2.61 bits per heavy atom. The average Bonchev–Trinajstić information content (AvgIpc) is 2.55. The normalized spacial score (nSPS) is 10.0. The quantitative estimate of drug-likeness (QED) is 0.830. The van der Waals surface area contributed by atoms with E-state index in [0.717, 1.165) is 12.1 Å². The summed E-state index contributed by atoms with van der Waals surface area (Å²) >= 11 is 5.13. The molecule has 0 saturated carbocycles. The molecule has 0 aliphatic heterocycles. The monoisotopic (exact) mass is 332 g/mol. The Labute approximate surface area is 139 Å². The van der Waals surface area contributed by atoms with E-state index in [1.54, 1.807) is 25.2 Å². The molecule has 2 aromatic carbocycles. The number of hydrogen-bond donors (Lipinski definition) is 1. The van der Waals surface area contributed by atoms with E-state index in [1.165, 1.54) is 29.2 Å². The molecule has 0 bridgehead atoms. The fourth-order valence-electron chi connectivity index (χ4n) is 1.83. The Morgan fingerprint density at radius 2 is 1.96 bits per heavy atom. The lowest BCUT2D eigenvalue weighted by atomic mass is 10.3. The fraction of sp³-hybridized carbons (Fsp3) is 0.176. The average molecular weight is 332 g/mol. The third-order valence-corrected chi connectivity index (χ3v) is 3.52. The van der Waals surface area contributed by atoms with Crippen LogP contribution in [-0.4, -0.2) is 18.1 Å². The Hall–Kier alpha value is -2.47. The van der Waals surface area contributed by atoms with Crippen LogP contribution in [0.25, 0.3) is 0 Å². The molecular weight excluding hydrogens is 315 g/mol. The maximum absolute atomic E-state index is 12.9. The zero-order valence-electron chi connectivity index (χ0n) is 12.9. The largest absolute Gasteiger partial charge is 0.419 e. The maximum atomic E-state index is 12.9. The van der Waals surface area contributed by atoms with Crippen LogP contribution in [0.15, 0.2) is 48.5 Å². The molecule has 4 nitrogen and oxygen atoms in total.